The molecule has 3 saturated carbocycles. The van der Waals surface area contributed by atoms with Crippen molar-refractivity contribution in [3.63, 3.8) is 0 Å². The zero-order valence-corrected chi connectivity index (χ0v) is 20.3. The molecule has 4 aliphatic carbocycles. The van der Waals surface area contributed by atoms with Gasteiger partial charge in [0.1, 0.15) is 18.7 Å². The first-order valence-corrected chi connectivity index (χ1v) is 12.2. The number of Topliss-reactive ketones (excluding diaryl/α,β-unsaturated/α-hetero) is 1. The van der Waals surface area contributed by atoms with E-state index in [0.29, 0.717) is 23.7 Å². The van der Waals surface area contributed by atoms with Crippen molar-refractivity contribution in [2.75, 3.05) is 6.61 Å². The molecule has 0 amide bonds. The summed E-state index contributed by atoms with van der Waals surface area (Å²) in [4.78, 5) is 37.6. The molecule has 4 aliphatic rings. The van der Waals surface area contributed by atoms with E-state index in [1.807, 2.05) is 6.92 Å². The second kappa shape index (κ2) is 7.28. The van der Waals surface area contributed by atoms with Gasteiger partial charge in [-0.05, 0) is 71.7 Å². The van der Waals surface area contributed by atoms with Crippen molar-refractivity contribution in [1.29, 1.82) is 0 Å². The van der Waals surface area contributed by atoms with Gasteiger partial charge in [0.2, 0.25) is 0 Å². The van der Waals surface area contributed by atoms with Gasteiger partial charge in [-0.3, -0.25) is 9.59 Å². The third kappa shape index (κ3) is 3.10. The van der Waals surface area contributed by atoms with Crippen LogP contribution in [0.4, 0.5) is 0 Å². The van der Waals surface area contributed by atoms with E-state index in [1.54, 1.807) is 0 Å². The zero-order valence-electron chi connectivity index (χ0n) is 20.3. The Kier molecular flexibility index (Phi) is 5.34. The number of carbonyl (C=O) groups is 3. The number of aldehydes is 1. The quantitative estimate of drug-likeness (QED) is 0.336. The predicted octanol–water partition coefficient (Wildman–Crippen LogP) is 5.54. The van der Waals surface area contributed by atoms with Crippen molar-refractivity contribution in [3.8, 4) is 0 Å². The Labute approximate surface area is 187 Å². The maximum absolute atomic E-state index is 13.9. The smallest absolute Gasteiger partial charge is 0.302 e. The molecule has 0 aliphatic heterocycles. The number of carbonyl (C=O) groups excluding carboxylic acids is 3. The van der Waals surface area contributed by atoms with Gasteiger partial charge in [-0.1, -0.05) is 47.1 Å². The second-order valence-electron chi connectivity index (χ2n) is 12.4. The highest BCUT2D eigenvalue weighted by Crippen LogP contribution is 2.72. The Balaban J connectivity index is 1.75. The lowest BCUT2D eigenvalue weighted by atomic mass is 9.35. The predicted molar refractivity (Wildman–Crippen MR) is 120 cm³/mol. The van der Waals surface area contributed by atoms with E-state index in [0.717, 1.165) is 24.7 Å². The van der Waals surface area contributed by atoms with E-state index in [-0.39, 0.29) is 35.1 Å². The lowest BCUT2D eigenvalue weighted by Crippen LogP contribution is -2.65. The number of ether oxygens (including phenoxy) is 1. The molecular formula is C27H40O4. The minimum absolute atomic E-state index is 0.0477. The Morgan fingerprint density at radius 2 is 1.74 bits per heavy atom. The summed E-state index contributed by atoms with van der Waals surface area (Å²) in [5, 5.41) is 0. The number of esters is 1. The van der Waals surface area contributed by atoms with Crippen LogP contribution in [0.2, 0.25) is 0 Å². The fourth-order valence-electron chi connectivity index (χ4n) is 9.10. The molecule has 0 N–H and O–H groups in total. The zero-order chi connectivity index (χ0) is 22.8. The molecule has 0 saturated heterocycles. The van der Waals surface area contributed by atoms with Crippen molar-refractivity contribution in [2.45, 2.75) is 86.5 Å². The summed E-state index contributed by atoms with van der Waals surface area (Å²) < 4.78 is 5.24. The molecule has 0 heterocycles. The average Bonchev–Trinajstić information content (AvgIpc) is 2.67. The van der Waals surface area contributed by atoms with Gasteiger partial charge < -0.3 is 9.53 Å². The third-order valence-corrected chi connectivity index (χ3v) is 10.6. The fraction of sp³-hybridized carbons (Fsp3) is 0.815. The fourth-order valence-corrected chi connectivity index (χ4v) is 9.10. The van der Waals surface area contributed by atoms with E-state index in [4.69, 9.17) is 4.74 Å². The van der Waals surface area contributed by atoms with Crippen molar-refractivity contribution in [3.05, 3.63) is 11.6 Å². The standard InChI is InChI=1S/C27H40O4/c1-17(29)31-16-18-8-9-21-26(5)13-10-20-24(2,3)11-7-12-25(20,4)22(26)14-23(30)27(21,6)19(18)15-28/h8,15,19-22H,7,9-14,16H2,1-6H3/t19-,20-,21-,22+,25-,26-,27+/m0/s1. The minimum atomic E-state index is -0.704. The van der Waals surface area contributed by atoms with Crippen LogP contribution >= 0.6 is 0 Å². The summed E-state index contributed by atoms with van der Waals surface area (Å²) in [5.74, 6) is 0.584. The van der Waals surface area contributed by atoms with Crippen molar-refractivity contribution >= 4 is 18.0 Å². The van der Waals surface area contributed by atoms with Crippen molar-refractivity contribution in [2.24, 2.45) is 45.3 Å². The van der Waals surface area contributed by atoms with Crippen LogP contribution in [0, 0.1) is 45.3 Å². The highest BCUT2D eigenvalue weighted by atomic mass is 16.5. The van der Waals surface area contributed by atoms with Crippen LogP contribution in [0.15, 0.2) is 11.6 Å². The topological polar surface area (TPSA) is 60.4 Å². The van der Waals surface area contributed by atoms with Crippen LogP contribution in [-0.4, -0.2) is 24.6 Å². The van der Waals surface area contributed by atoms with Gasteiger partial charge in [0.25, 0.3) is 0 Å². The SMILES string of the molecule is CC(=O)OCC1=CC[C@H]2[C@]3(C)CC[C@H]4C(C)(C)CCC[C@]4(C)[C@H]3CC(=O)[C@]2(C)[C@H]1C=O. The number of allylic oxidation sites excluding steroid dienone is 1. The number of hydrogen-bond acceptors (Lipinski definition) is 4. The molecule has 0 aromatic carbocycles. The second-order valence-corrected chi connectivity index (χ2v) is 12.4. The monoisotopic (exact) mass is 428 g/mol. The van der Waals surface area contributed by atoms with E-state index in [9.17, 15) is 14.4 Å². The van der Waals surface area contributed by atoms with Gasteiger partial charge >= 0.3 is 5.97 Å². The summed E-state index contributed by atoms with van der Waals surface area (Å²) in [5.41, 5.74) is 0.659. The van der Waals surface area contributed by atoms with Crippen LogP contribution in [-0.2, 0) is 19.1 Å². The molecule has 0 spiro atoms. The van der Waals surface area contributed by atoms with Crippen molar-refractivity contribution in [1.82, 2.24) is 0 Å². The molecule has 31 heavy (non-hydrogen) atoms. The molecular weight excluding hydrogens is 388 g/mol. The Bertz CT molecular complexity index is 825. The van der Waals surface area contributed by atoms with Crippen LogP contribution in [0.3, 0.4) is 0 Å². The summed E-state index contributed by atoms with van der Waals surface area (Å²) in [6.07, 6.45) is 10.5. The van der Waals surface area contributed by atoms with Gasteiger partial charge in [-0.2, -0.15) is 0 Å². The molecule has 4 heteroatoms. The summed E-state index contributed by atoms with van der Waals surface area (Å²) in [7, 11) is 0. The first kappa shape index (κ1) is 22.7. The van der Waals surface area contributed by atoms with E-state index < -0.39 is 11.3 Å². The Morgan fingerprint density at radius 3 is 2.39 bits per heavy atom. The number of hydrogen-bond donors (Lipinski definition) is 0. The van der Waals surface area contributed by atoms with Gasteiger partial charge in [0.15, 0.2) is 0 Å². The molecule has 0 bridgehead atoms. The lowest BCUT2D eigenvalue weighted by molar-refractivity contribution is -0.199. The third-order valence-electron chi connectivity index (χ3n) is 10.6. The normalized spacial score (nSPS) is 46.1. The van der Waals surface area contributed by atoms with Crippen LogP contribution in [0.1, 0.15) is 86.5 Å². The number of fused-ring (bicyclic) bond motifs is 5. The lowest BCUT2D eigenvalue weighted by Gasteiger charge is -2.68. The minimum Gasteiger partial charge on any atom is -0.461 e. The molecule has 3 fully saturated rings. The summed E-state index contributed by atoms with van der Waals surface area (Å²) >= 11 is 0. The largest absolute Gasteiger partial charge is 0.461 e. The molecule has 172 valence electrons. The van der Waals surface area contributed by atoms with Crippen LogP contribution < -0.4 is 0 Å². The summed E-state index contributed by atoms with van der Waals surface area (Å²) in [6, 6.07) is 0. The molecule has 0 aromatic rings. The van der Waals surface area contributed by atoms with Gasteiger partial charge in [-0.15, -0.1) is 0 Å². The molecule has 0 radical (unpaired) electrons. The maximum atomic E-state index is 13.9. The maximum Gasteiger partial charge on any atom is 0.302 e. The van der Waals surface area contributed by atoms with Crippen LogP contribution in [0.5, 0.6) is 0 Å². The molecule has 7 atom stereocenters. The number of rotatable bonds is 3. The van der Waals surface area contributed by atoms with Gasteiger partial charge in [0, 0.05) is 18.8 Å². The van der Waals surface area contributed by atoms with Crippen LogP contribution in [0.25, 0.3) is 0 Å². The first-order chi connectivity index (χ1) is 14.4. The molecule has 0 unspecified atom stereocenters. The number of ketones is 1. The van der Waals surface area contributed by atoms with E-state index >= 15 is 0 Å². The Morgan fingerprint density at radius 1 is 1.06 bits per heavy atom. The average molecular weight is 429 g/mol. The summed E-state index contributed by atoms with van der Waals surface area (Å²) in [6.45, 7) is 13.3. The molecule has 4 nitrogen and oxygen atoms in total. The Hall–Kier alpha value is -1.45. The van der Waals surface area contributed by atoms with E-state index in [1.165, 1.54) is 32.6 Å². The van der Waals surface area contributed by atoms with Gasteiger partial charge in [0.05, 0.1) is 5.92 Å². The highest BCUT2D eigenvalue weighted by molar-refractivity contribution is 5.90. The first-order valence-electron chi connectivity index (χ1n) is 12.2. The van der Waals surface area contributed by atoms with Gasteiger partial charge in [-0.25, -0.2) is 0 Å². The molecule has 0 aromatic heterocycles. The highest BCUT2D eigenvalue weighted by Gasteiger charge is 2.68. The van der Waals surface area contributed by atoms with Crippen molar-refractivity contribution < 1.29 is 19.1 Å². The van der Waals surface area contributed by atoms with E-state index in [2.05, 4.69) is 33.8 Å². The molecule has 4 rings (SSSR count).